The molecule has 3 atom stereocenters. The molecule has 0 unspecified atom stereocenters. The number of ether oxygens (including phenoxy) is 1. The van der Waals surface area contributed by atoms with Crippen molar-refractivity contribution in [3.63, 3.8) is 0 Å². The molecule has 3 aromatic carbocycles. The monoisotopic (exact) mass is 597 g/mol. The largest absolute Gasteiger partial charge is 0.477 e. The van der Waals surface area contributed by atoms with Crippen LogP contribution < -0.4 is 21.1 Å². The lowest BCUT2D eigenvalue weighted by Gasteiger charge is -2.47. The third-order valence-corrected chi connectivity index (χ3v) is 9.02. The summed E-state index contributed by atoms with van der Waals surface area (Å²) in [6, 6.07) is 13.3. The second-order valence-electron chi connectivity index (χ2n) is 10.6. The van der Waals surface area contributed by atoms with E-state index in [1.165, 1.54) is 12.1 Å². The summed E-state index contributed by atoms with van der Waals surface area (Å²) < 4.78 is 21.1. The molecule has 1 fully saturated rings. The maximum Gasteiger partial charge on any atom is 0.261 e. The number of fused-ring (bicyclic) bond motifs is 2. The third kappa shape index (κ3) is 4.63. The zero-order valence-electron chi connectivity index (χ0n) is 22.8. The number of hydrogen-bond acceptors (Lipinski definition) is 4. The molecule has 0 bridgehead atoms. The Bertz CT molecular complexity index is 1570. The van der Waals surface area contributed by atoms with E-state index in [0.29, 0.717) is 50.8 Å². The van der Waals surface area contributed by atoms with Crippen LogP contribution in [0.4, 0.5) is 10.1 Å². The maximum atomic E-state index is 14.7. The number of hydrogen-bond donors (Lipinski definition) is 3. The van der Waals surface area contributed by atoms with E-state index in [1.54, 1.807) is 63.2 Å². The van der Waals surface area contributed by atoms with Gasteiger partial charge in [0.05, 0.1) is 6.04 Å². The standard InChI is InChI=1S/C31H30Cl2FN3O4/c1-4-30(5-2,28(35)39)41-25-11-8-17(32)12-21(25)23-15-26(38)37-27(20-14-19(34)9-6-16(20)3)31(23)22-10-7-18(33)13-24(22)36-29(31)40/h6-14,23,27H,4-5,15H2,1-3H3,(H2,35,39)(H,36,40)(H,37,38)/t23-,27+,31-/m1/s1. The van der Waals surface area contributed by atoms with Gasteiger partial charge < -0.3 is 21.1 Å². The number of nitrogens with two attached hydrogens (primary N) is 1. The lowest BCUT2D eigenvalue weighted by Crippen LogP contribution is -2.57. The summed E-state index contributed by atoms with van der Waals surface area (Å²) in [7, 11) is 0. The van der Waals surface area contributed by atoms with E-state index in [-0.39, 0.29) is 18.1 Å². The summed E-state index contributed by atoms with van der Waals surface area (Å²) in [6.45, 7) is 5.39. The molecule has 0 radical (unpaired) electrons. The highest BCUT2D eigenvalue weighted by atomic mass is 35.5. The van der Waals surface area contributed by atoms with E-state index in [2.05, 4.69) is 10.6 Å². The molecule has 10 heteroatoms. The predicted molar refractivity (Wildman–Crippen MR) is 156 cm³/mol. The summed E-state index contributed by atoms with van der Waals surface area (Å²) in [5.74, 6) is -2.43. The van der Waals surface area contributed by atoms with Crippen molar-refractivity contribution in [3.8, 4) is 5.75 Å². The second kappa shape index (κ2) is 10.7. The van der Waals surface area contributed by atoms with Gasteiger partial charge in [0.25, 0.3) is 5.91 Å². The van der Waals surface area contributed by atoms with E-state index in [1.807, 2.05) is 0 Å². The van der Waals surface area contributed by atoms with Gasteiger partial charge in [-0.05, 0) is 78.9 Å². The van der Waals surface area contributed by atoms with Gasteiger partial charge in [0.15, 0.2) is 5.60 Å². The van der Waals surface area contributed by atoms with E-state index >= 15 is 0 Å². The number of aryl methyl sites for hydroxylation is 1. The van der Waals surface area contributed by atoms with Crippen LogP contribution in [0.2, 0.25) is 10.0 Å². The number of amides is 3. The Morgan fingerprint density at radius 1 is 1.05 bits per heavy atom. The highest BCUT2D eigenvalue weighted by Gasteiger charge is 2.62. The quantitative estimate of drug-likeness (QED) is 0.305. The van der Waals surface area contributed by atoms with Gasteiger partial charge in [-0.15, -0.1) is 0 Å². The van der Waals surface area contributed by atoms with Crippen LogP contribution in [0.25, 0.3) is 0 Å². The van der Waals surface area contributed by atoms with Crippen molar-refractivity contribution in [2.45, 2.75) is 63.0 Å². The van der Waals surface area contributed by atoms with E-state index < -0.39 is 40.6 Å². The first-order valence-corrected chi connectivity index (χ1v) is 14.2. The number of rotatable bonds is 7. The SMILES string of the molecule is CCC(CC)(Oc1ccc(Cl)cc1[C@H]1CC(=O)N[C@@H](c2cc(F)ccc2C)[C@]12C(=O)Nc1cc(Cl)ccc12)C(N)=O. The first-order chi connectivity index (χ1) is 19.5. The molecule has 1 spiro atoms. The smallest absolute Gasteiger partial charge is 0.261 e. The van der Waals surface area contributed by atoms with Crippen LogP contribution in [0.5, 0.6) is 5.75 Å². The zero-order valence-corrected chi connectivity index (χ0v) is 24.3. The van der Waals surface area contributed by atoms with E-state index in [4.69, 9.17) is 33.7 Å². The normalized spacial score (nSPS) is 21.8. The Labute approximate surface area is 247 Å². The maximum absolute atomic E-state index is 14.7. The highest BCUT2D eigenvalue weighted by molar-refractivity contribution is 6.31. The third-order valence-electron chi connectivity index (χ3n) is 8.55. The van der Waals surface area contributed by atoms with Gasteiger partial charge in [-0.3, -0.25) is 14.4 Å². The summed E-state index contributed by atoms with van der Waals surface area (Å²) in [6.07, 6.45) is 0.479. The molecular weight excluding hydrogens is 568 g/mol. The number of halogens is 3. The van der Waals surface area contributed by atoms with Crippen molar-refractivity contribution in [2.24, 2.45) is 5.73 Å². The number of anilines is 1. The fourth-order valence-electron chi connectivity index (χ4n) is 6.33. The van der Waals surface area contributed by atoms with Gasteiger partial charge in [-0.2, -0.15) is 0 Å². The Morgan fingerprint density at radius 2 is 1.73 bits per heavy atom. The Balaban J connectivity index is 1.82. The molecule has 4 N–H and O–H groups in total. The Kier molecular flexibility index (Phi) is 7.51. The molecule has 2 aliphatic rings. The molecule has 2 aliphatic heterocycles. The van der Waals surface area contributed by atoms with Crippen LogP contribution in [0.15, 0.2) is 54.6 Å². The number of carbonyl (C=O) groups is 3. The minimum atomic E-state index is -1.46. The number of benzene rings is 3. The number of nitrogens with one attached hydrogen (secondary N) is 2. The van der Waals surface area contributed by atoms with Crippen molar-refractivity contribution >= 4 is 46.6 Å². The van der Waals surface area contributed by atoms with Crippen LogP contribution in [0.1, 0.15) is 67.3 Å². The molecule has 0 aliphatic carbocycles. The fourth-order valence-corrected chi connectivity index (χ4v) is 6.68. The van der Waals surface area contributed by atoms with Crippen LogP contribution in [-0.4, -0.2) is 23.3 Å². The number of carbonyl (C=O) groups excluding carboxylic acids is 3. The molecule has 214 valence electrons. The van der Waals surface area contributed by atoms with Crippen molar-refractivity contribution in [2.75, 3.05) is 5.32 Å². The first-order valence-electron chi connectivity index (χ1n) is 13.4. The fraction of sp³-hybridized carbons (Fsp3) is 0.323. The first kappa shape index (κ1) is 28.9. The topological polar surface area (TPSA) is 111 Å². The van der Waals surface area contributed by atoms with Crippen LogP contribution >= 0.6 is 23.2 Å². The van der Waals surface area contributed by atoms with E-state index in [9.17, 15) is 18.8 Å². The molecule has 5 rings (SSSR count). The minimum Gasteiger partial charge on any atom is -0.477 e. The van der Waals surface area contributed by atoms with Gasteiger partial charge in [-0.1, -0.05) is 49.2 Å². The Hall–Kier alpha value is -3.62. The molecule has 3 aromatic rings. The highest BCUT2D eigenvalue weighted by Crippen LogP contribution is 2.59. The lowest BCUT2D eigenvalue weighted by atomic mass is 9.59. The van der Waals surface area contributed by atoms with E-state index in [0.717, 1.165) is 0 Å². The number of piperidine rings is 1. The zero-order chi connectivity index (χ0) is 29.7. The van der Waals surface area contributed by atoms with Crippen molar-refractivity contribution in [1.82, 2.24) is 5.32 Å². The molecular formula is C31H30Cl2FN3O4. The van der Waals surface area contributed by atoms with Gasteiger partial charge in [-0.25, -0.2) is 4.39 Å². The molecule has 1 saturated heterocycles. The summed E-state index contributed by atoms with van der Waals surface area (Å²) in [4.78, 5) is 40.4. The number of primary amides is 1. The molecule has 0 aromatic heterocycles. The van der Waals surface area contributed by atoms with Gasteiger partial charge in [0.1, 0.15) is 17.0 Å². The minimum absolute atomic E-state index is 0.112. The average Bonchev–Trinajstić information content (AvgIpc) is 3.21. The average molecular weight is 599 g/mol. The van der Waals surface area contributed by atoms with Crippen molar-refractivity contribution < 1.29 is 23.5 Å². The summed E-state index contributed by atoms with van der Waals surface area (Å²) in [5.41, 5.74) is 5.70. The van der Waals surface area contributed by atoms with Crippen LogP contribution in [-0.2, 0) is 19.8 Å². The molecule has 7 nitrogen and oxygen atoms in total. The second-order valence-corrected chi connectivity index (χ2v) is 11.5. The molecule has 3 amide bonds. The molecule has 0 saturated carbocycles. The molecule has 2 heterocycles. The summed E-state index contributed by atoms with van der Waals surface area (Å²) in [5, 5.41) is 6.71. The van der Waals surface area contributed by atoms with Gasteiger partial charge in [0, 0.05) is 33.6 Å². The van der Waals surface area contributed by atoms with Crippen LogP contribution in [0, 0.1) is 12.7 Å². The lowest BCUT2D eigenvalue weighted by molar-refractivity contribution is -0.135. The van der Waals surface area contributed by atoms with Crippen molar-refractivity contribution in [3.05, 3.63) is 92.7 Å². The van der Waals surface area contributed by atoms with Crippen molar-refractivity contribution in [1.29, 1.82) is 0 Å². The van der Waals surface area contributed by atoms with Crippen LogP contribution in [0.3, 0.4) is 0 Å². The summed E-state index contributed by atoms with van der Waals surface area (Å²) >= 11 is 12.8. The predicted octanol–water partition coefficient (Wildman–Crippen LogP) is 6.10. The molecule has 41 heavy (non-hydrogen) atoms. The van der Waals surface area contributed by atoms with Gasteiger partial charge >= 0.3 is 0 Å². The Morgan fingerprint density at radius 3 is 2.41 bits per heavy atom. The van der Waals surface area contributed by atoms with Gasteiger partial charge in [0.2, 0.25) is 11.8 Å².